The van der Waals surface area contributed by atoms with Gasteiger partial charge in [-0.2, -0.15) is 11.3 Å². The van der Waals surface area contributed by atoms with Crippen LogP contribution in [0, 0.1) is 6.92 Å². The fourth-order valence-corrected chi connectivity index (χ4v) is 2.93. The number of rotatable bonds is 3. The molecule has 5 heteroatoms. The summed E-state index contributed by atoms with van der Waals surface area (Å²) in [6, 6.07) is 1.98. The van der Waals surface area contributed by atoms with Gasteiger partial charge in [-0.15, -0.1) is 0 Å². The van der Waals surface area contributed by atoms with Crippen molar-refractivity contribution in [3.63, 3.8) is 0 Å². The van der Waals surface area contributed by atoms with Crippen LogP contribution in [-0.2, 0) is 0 Å². The third-order valence-electron chi connectivity index (χ3n) is 2.09. The number of halogens is 1. The smallest absolute Gasteiger partial charge is 0.130 e. The zero-order chi connectivity index (χ0) is 11.5. The molecule has 16 heavy (non-hydrogen) atoms. The van der Waals surface area contributed by atoms with E-state index in [0.717, 1.165) is 33.9 Å². The fraction of sp³-hybridized carbons (Fsp3) is 0.273. The Morgan fingerprint density at radius 3 is 2.81 bits per heavy atom. The molecule has 84 valence electrons. The van der Waals surface area contributed by atoms with Crippen molar-refractivity contribution in [2.45, 2.75) is 13.8 Å². The molecule has 2 aromatic rings. The highest BCUT2D eigenvalue weighted by molar-refractivity contribution is 9.10. The van der Waals surface area contributed by atoms with E-state index in [1.165, 1.54) is 0 Å². The molecule has 2 heterocycles. The maximum Gasteiger partial charge on any atom is 0.130 e. The molecular weight excluding hydrogens is 286 g/mol. The van der Waals surface area contributed by atoms with Crippen LogP contribution in [-0.4, -0.2) is 16.5 Å². The Kier molecular flexibility index (Phi) is 3.56. The van der Waals surface area contributed by atoms with Gasteiger partial charge in [-0.1, -0.05) is 0 Å². The van der Waals surface area contributed by atoms with E-state index in [4.69, 9.17) is 0 Å². The highest BCUT2D eigenvalue weighted by Gasteiger charge is 2.08. The maximum atomic E-state index is 4.44. The molecule has 0 saturated carbocycles. The molecule has 0 saturated heterocycles. The maximum absolute atomic E-state index is 4.44. The number of thiophene rings is 1. The van der Waals surface area contributed by atoms with Crippen LogP contribution in [0.1, 0.15) is 12.7 Å². The second-order valence-corrected chi connectivity index (χ2v) is 4.95. The van der Waals surface area contributed by atoms with E-state index >= 15 is 0 Å². The molecule has 0 aliphatic rings. The second-order valence-electron chi connectivity index (χ2n) is 3.35. The first-order valence-corrected chi connectivity index (χ1v) is 6.76. The average molecular weight is 298 g/mol. The van der Waals surface area contributed by atoms with E-state index in [1.54, 1.807) is 11.3 Å². The van der Waals surface area contributed by atoms with E-state index in [1.807, 2.05) is 13.0 Å². The minimum absolute atomic E-state index is 0.784. The zero-order valence-electron chi connectivity index (χ0n) is 9.12. The molecule has 0 unspecified atom stereocenters. The Morgan fingerprint density at radius 2 is 2.19 bits per heavy atom. The molecule has 0 aliphatic carbocycles. The predicted octanol–water partition coefficient (Wildman–Crippen LogP) is 3.71. The van der Waals surface area contributed by atoms with Gasteiger partial charge in [-0.3, -0.25) is 0 Å². The van der Waals surface area contributed by atoms with Gasteiger partial charge >= 0.3 is 0 Å². The summed E-state index contributed by atoms with van der Waals surface area (Å²) in [5.41, 5.74) is 2.08. The van der Waals surface area contributed by atoms with Crippen molar-refractivity contribution in [2.24, 2.45) is 0 Å². The monoisotopic (exact) mass is 297 g/mol. The number of nitrogens with one attached hydrogen (secondary N) is 1. The van der Waals surface area contributed by atoms with Crippen LogP contribution in [0.3, 0.4) is 0 Å². The number of hydrogen-bond donors (Lipinski definition) is 1. The number of nitrogens with zero attached hydrogens (tertiary/aromatic N) is 2. The lowest BCUT2D eigenvalue weighted by Crippen LogP contribution is -2.02. The minimum Gasteiger partial charge on any atom is -0.370 e. The molecule has 0 bridgehead atoms. The summed E-state index contributed by atoms with van der Waals surface area (Å²) >= 11 is 5.18. The summed E-state index contributed by atoms with van der Waals surface area (Å²) in [5.74, 6) is 1.66. The Hall–Kier alpha value is -0.940. The Bertz CT molecular complexity index is 496. The van der Waals surface area contributed by atoms with Gasteiger partial charge in [-0.05, 0) is 29.8 Å². The van der Waals surface area contributed by atoms with Crippen LogP contribution in [0.4, 0.5) is 5.82 Å². The number of anilines is 1. The number of aryl methyl sites for hydroxylation is 1. The van der Waals surface area contributed by atoms with E-state index < -0.39 is 0 Å². The minimum atomic E-state index is 0.784. The van der Waals surface area contributed by atoms with Gasteiger partial charge in [0.05, 0.1) is 5.69 Å². The molecule has 0 fully saturated rings. The fourth-order valence-electron chi connectivity index (χ4n) is 1.44. The van der Waals surface area contributed by atoms with E-state index in [-0.39, 0.29) is 0 Å². The molecule has 0 aliphatic heterocycles. The van der Waals surface area contributed by atoms with Crippen LogP contribution in [0.2, 0.25) is 0 Å². The van der Waals surface area contributed by atoms with Crippen LogP contribution >= 0.6 is 27.3 Å². The summed E-state index contributed by atoms with van der Waals surface area (Å²) in [5, 5.41) is 7.35. The van der Waals surface area contributed by atoms with Crippen molar-refractivity contribution in [3.05, 3.63) is 27.1 Å². The van der Waals surface area contributed by atoms with E-state index in [0.29, 0.717) is 0 Å². The molecule has 3 nitrogen and oxygen atoms in total. The molecule has 2 rings (SSSR count). The van der Waals surface area contributed by atoms with Crippen LogP contribution < -0.4 is 5.32 Å². The largest absolute Gasteiger partial charge is 0.370 e. The molecule has 0 aromatic carbocycles. The van der Waals surface area contributed by atoms with Gasteiger partial charge in [0.15, 0.2) is 0 Å². The normalized spacial score (nSPS) is 10.4. The molecule has 0 radical (unpaired) electrons. The first-order chi connectivity index (χ1) is 7.70. The van der Waals surface area contributed by atoms with Crippen molar-refractivity contribution >= 4 is 33.1 Å². The lowest BCUT2D eigenvalue weighted by Gasteiger charge is -2.06. The highest BCUT2D eigenvalue weighted by atomic mass is 79.9. The summed E-state index contributed by atoms with van der Waals surface area (Å²) in [6.07, 6.45) is 0. The van der Waals surface area contributed by atoms with Crippen LogP contribution in [0.5, 0.6) is 0 Å². The van der Waals surface area contributed by atoms with E-state index in [9.17, 15) is 0 Å². The zero-order valence-corrected chi connectivity index (χ0v) is 11.5. The van der Waals surface area contributed by atoms with Crippen LogP contribution in [0.15, 0.2) is 21.3 Å². The highest BCUT2D eigenvalue weighted by Crippen LogP contribution is 2.31. The lowest BCUT2D eigenvalue weighted by molar-refractivity contribution is 1.04. The Morgan fingerprint density at radius 1 is 1.38 bits per heavy atom. The van der Waals surface area contributed by atoms with Crippen LogP contribution in [0.25, 0.3) is 11.3 Å². The summed E-state index contributed by atoms with van der Waals surface area (Å²) in [6.45, 7) is 4.82. The van der Waals surface area contributed by atoms with Gasteiger partial charge in [0.2, 0.25) is 0 Å². The SMILES string of the molecule is CCNc1cc(-c2cscc2Br)nc(C)n1. The second kappa shape index (κ2) is 4.93. The summed E-state index contributed by atoms with van der Waals surface area (Å²) in [7, 11) is 0. The Balaban J connectivity index is 2.45. The van der Waals surface area contributed by atoms with Crippen molar-refractivity contribution in [2.75, 3.05) is 11.9 Å². The third kappa shape index (κ3) is 2.41. The van der Waals surface area contributed by atoms with Crippen molar-refractivity contribution < 1.29 is 0 Å². The number of hydrogen-bond acceptors (Lipinski definition) is 4. The molecule has 2 aromatic heterocycles. The first kappa shape index (κ1) is 11.5. The Labute approximate surface area is 107 Å². The summed E-state index contributed by atoms with van der Waals surface area (Å²) < 4.78 is 1.08. The molecule has 0 spiro atoms. The summed E-state index contributed by atoms with van der Waals surface area (Å²) in [4.78, 5) is 8.77. The molecule has 1 N–H and O–H groups in total. The van der Waals surface area contributed by atoms with Gasteiger partial charge in [0.1, 0.15) is 11.6 Å². The topological polar surface area (TPSA) is 37.8 Å². The quantitative estimate of drug-likeness (QED) is 0.938. The van der Waals surface area contributed by atoms with Gasteiger partial charge in [-0.25, -0.2) is 9.97 Å². The molecular formula is C11H12BrN3S. The van der Waals surface area contributed by atoms with Gasteiger partial charge < -0.3 is 5.32 Å². The molecule has 0 amide bonds. The third-order valence-corrected chi connectivity index (χ3v) is 3.79. The van der Waals surface area contributed by atoms with E-state index in [2.05, 4.69) is 48.9 Å². The van der Waals surface area contributed by atoms with Gasteiger partial charge in [0, 0.05) is 33.4 Å². The molecule has 0 atom stereocenters. The standard InChI is InChI=1S/C11H12BrN3S/c1-3-13-11-4-10(14-7(2)15-11)8-5-16-6-9(8)12/h4-6H,3H2,1-2H3,(H,13,14,15). The van der Waals surface area contributed by atoms with Crippen molar-refractivity contribution in [1.82, 2.24) is 9.97 Å². The number of aromatic nitrogens is 2. The average Bonchev–Trinajstić information content (AvgIpc) is 2.64. The lowest BCUT2D eigenvalue weighted by atomic mass is 10.2. The van der Waals surface area contributed by atoms with Crippen molar-refractivity contribution in [1.29, 1.82) is 0 Å². The first-order valence-electron chi connectivity index (χ1n) is 5.02. The van der Waals surface area contributed by atoms with Crippen molar-refractivity contribution in [3.8, 4) is 11.3 Å². The predicted molar refractivity (Wildman–Crippen MR) is 71.9 cm³/mol. The van der Waals surface area contributed by atoms with Gasteiger partial charge in [0.25, 0.3) is 0 Å².